The van der Waals surface area contributed by atoms with Crippen molar-refractivity contribution in [1.29, 1.82) is 0 Å². The van der Waals surface area contributed by atoms with Crippen LogP contribution in [0.15, 0.2) is 12.1 Å². The van der Waals surface area contributed by atoms with Gasteiger partial charge in [0, 0.05) is 13.1 Å². The largest absolute Gasteiger partial charge is 0.478 e. The van der Waals surface area contributed by atoms with Crippen LogP contribution in [0.5, 0.6) is 0 Å². The van der Waals surface area contributed by atoms with Crippen LogP contribution in [0.3, 0.4) is 0 Å². The number of hydrogen-bond acceptors (Lipinski definition) is 3. The monoisotopic (exact) mass is 290 g/mol. The quantitative estimate of drug-likeness (QED) is 0.925. The zero-order valence-electron chi connectivity index (χ0n) is 12.6. The minimum atomic E-state index is -1.01. The summed E-state index contributed by atoms with van der Waals surface area (Å²) in [6.45, 7) is 5.33. The number of carboxylic acid groups (broad SMARTS) is 1. The molecule has 0 saturated carbocycles. The lowest BCUT2D eigenvalue weighted by Gasteiger charge is -2.32. The number of piperidine rings is 1. The number of nitrogens with zero attached hydrogens (tertiary/aromatic N) is 2. The number of aromatic carboxylic acids is 1. The zero-order chi connectivity index (χ0) is 15.4. The van der Waals surface area contributed by atoms with Gasteiger partial charge in [-0.2, -0.15) is 0 Å². The SMILES string of the molecule is CCCC1CCCN(C(=O)c2ccc(C(=O)O)c(C)n2)C1. The average molecular weight is 290 g/mol. The van der Waals surface area contributed by atoms with Gasteiger partial charge in [0.25, 0.3) is 5.91 Å². The molecule has 0 aromatic carbocycles. The highest BCUT2D eigenvalue weighted by molar-refractivity contribution is 5.94. The maximum absolute atomic E-state index is 12.5. The van der Waals surface area contributed by atoms with Crippen molar-refractivity contribution in [3.63, 3.8) is 0 Å². The minimum absolute atomic E-state index is 0.0872. The van der Waals surface area contributed by atoms with E-state index in [0.717, 1.165) is 32.4 Å². The molecule has 1 fully saturated rings. The zero-order valence-corrected chi connectivity index (χ0v) is 12.6. The number of carboxylic acids is 1. The number of likely N-dealkylation sites (tertiary alicyclic amines) is 1. The third kappa shape index (κ3) is 3.60. The van der Waals surface area contributed by atoms with Gasteiger partial charge in [-0.25, -0.2) is 9.78 Å². The van der Waals surface area contributed by atoms with Crippen LogP contribution in [0.2, 0.25) is 0 Å². The molecule has 0 aliphatic carbocycles. The Morgan fingerprint density at radius 2 is 2.19 bits per heavy atom. The molecular formula is C16H22N2O3. The summed E-state index contributed by atoms with van der Waals surface area (Å²) in [7, 11) is 0. The number of amides is 1. The van der Waals surface area contributed by atoms with Crippen molar-refractivity contribution in [3.8, 4) is 0 Å². The molecule has 2 heterocycles. The number of carbonyl (C=O) groups is 2. The Kier molecular flexibility index (Phi) is 4.94. The summed E-state index contributed by atoms with van der Waals surface area (Å²) in [5.74, 6) is -0.525. The lowest BCUT2D eigenvalue weighted by atomic mass is 9.93. The van der Waals surface area contributed by atoms with Crippen LogP contribution in [0, 0.1) is 12.8 Å². The molecular weight excluding hydrogens is 268 g/mol. The summed E-state index contributed by atoms with van der Waals surface area (Å²) in [5.41, 5.74) is 0.874. The van der Waals surface area contributed by atoms with Crippen molar-refractivity contribution in [2.24, 2.45) is 5.92 Å². The molecule has 1 aromatic rings. The Morgan fingerprint density at radius 1 is 1.43 bits per heavy atom. The molecule has 1 atom stereocenters. The smallest absolute Gasteiger partial charge is 0.337 e. The molecule has 21 heavy (non-hydrogen) atoms. The molecule has 0 radical (unpaired) electrons. The predicted molar refractivity (Wildman–Crippen MR) is 79.5 cm³/mol. The Hall–Kier alpha value is -1.91. The van der Waals surface area contributed by atoms with E-state index < -0.39 is 5.97 Å². The van der Waals surface area contributed by atoms with Crippen molar-refractivity contribution in [3.05, 3.63) is 29.1 Å². The number of pyridine rings is 1. The van der Waals surface area contributed by atoms with Crippen molar-refractivity contribution in [2.75, 3.05) is 13.1 Å². The topological polar surface area (TPSA) is 70.5 Å². The third-order valence-electron chi connectivity index (χ3n) is 4.04. The third-order valence-corrected chi connectivity index (χ3v) is 4.04. The van der Waals surface area contributed by atoms with E-state index in [0.29, 0.717) is 17.3 Å². The molecule has 1 amide bonds. The van der Waals surface area contributed by atoms with Gasteiger partial charge in [0.05, 0.1) is 11.3 Å². The van der Waals surface area contributed by atoms with E-state index in [1.54, 1.807) is 6.92 Å². The summed E-state index contributed by atoms with van der Waals surface area (Å²) in [6, 6.07) is 2.98. The molecule has 0 spiro atoms. The van der Waals surface area contributed by atoms with Gasteiger partial charge >= 0.3 is 5.97 Å². The minimum Gasteiger partial charge on any atom is -0.478 e. The molecule has 1 aromatic heterocycles. The molecule has 114 valence electrons. The van der Waals surface area contributed by atoms with Gasteiger partial charge in [0.15, 0.2) is 0 Å². The van der Waals surface area contributed by atoms with Crippen LogP contribution >= 0.6 is 0 Å². The van der Waals surface area contributed by atoms with E-state index in [9.17, 15) is 9.59 Å². The Bertz CT molecular complexity index is 540. The van der Waals surface area contributed by atoms with Crippen molar-refractivity contribution >= 4 is 11.9 Å². The van der Waals surface area contributed by atoms with E-state index in [1.165, 1.54) is 18.6 Å². The first kappa shape index (κ1) is 15.5. The van der Waals surface area contributed by atoms with Crippen LogP contribution in [-0.2, 0) is 0 Å². The maximum Gasteiger partial charge on any atom is 0.337 e. The highest BCUT2D eigenvalue weighted by Gasteiger charge is 2.25. The number of aryl methyl sites for hydroxylation is 1. The lowest BCUT2D eigenvalue weighted by molar-refractivity contribution is 0.0655. The predicted octanol–water partition coefficient (Wildman–Crippen LogP) is 2.74. The molecule has 1 aliphatic rings. The Balaban J connectivity index is 2.12. The van der Waals surface area contributed by atoms with Crippen molar-refractivity contribution in [2.45, 2.75) is 39.5 Å². The van der Waals surface area contributed by atoms with Gasteiger partial charge in [0.1, 0.15) is 5.69 Å². The molecule has 1 aliphatic heterocycles. The highest BCUT2D eigenvalue weighted by Crippen LogP contribution is 2.22. The average Bonchev–Trinajstić information content (AvgIpc) is 2.46. The van der Waals surface area contributed by atoms with E-state index in [-0.39, 0.29) is 11.5 Å². The summed E-state index contributed by atoms with van der Waals surface area (Å²) in [5, 5.41) is 9.00. The van der Waals surface area contributed by atoms with E-state index in [4.69, 9.17) is 5.11 Å². The molecule has 1 unspecified atom stereocenters. The van der Waals surface area contributed by atoms with Crippen LogP contribution in [-0.4, -0.2) is 40.0 Å². The molecule has 5 nitrogen and oxygen atoms in total. The van der Waals surface area contributed by atoms with Crippen molar-refractivity contribution in [1.82, 2.24) is 9.88 Å². The first-order valence-corrected chi connectivity index (χ1v) is 7.53. The van der Waals surface area contributed by atoms with E-state index in [1.807, 2.05) is 4.90 Å². The fourth-order valence-electron chi connectivity index (χ4n) is 2.96. The second kappa shape index (κ2) is 6.70. The van der Waals surface area contributed by atoms with Gasteiger partial charge in [-0.3, -0.25) is 4.79 Å². The first-order valence-electron chi connectivity index (χ1n) is 7.53. The number of rotatable bonds is 4. The summed E-state index contributed by atoms with van der Waals surface area (Å²) < 4.78 is 0. The summed E-state index contributed by atoms with van der Waals surface area (Å²) >= 11 is 0. The Labute approximate surface area is 125 Å². The van der Waals surface area contributed by atoms with Crippen LogP contribution in [0.25, 0.3) is 0 Å². The van der Waals surface area contributed by atoms with E-state index >= 15 is 0 Å². The maximum atomic E-state index is 12.5. The van der Waals surface area contributed by atoms with Crippen LogP contribution < -0.4 is 0 Å². The first-order chi connectivity index (χ1) is 10.0. The number of aromatic nitrogens is 1. The fourth-order valence-corrected chi connectivity index (χ4v) is 2.96. The second-order valence-electron chi connectivity index (χ2n) is 5.68. The van der Waals surface area contributed by atoms with Crippen LogP contribution in [0.1, 0.15) is 59.1 Å². The highest BCUT2D eigenvalue weighted by atomic mass is 16.4. The molecule has 1 N–H and O–H groups in total. The normalized spacial score (nSPS) is 18.6. The fraction of sp³-hybridized carbons (Fsp3) is 0.562. The van der Waals surface area contributed by atoms with Crippen molar-refractivity contribution < 1.29 is 14.7 Å². The molecule has 1 saturated heterocycles. The van der Waals surface area contributed by atoms with Gasteiger partial charge in [0.2, 0.25) is 0 Å². The molecule has 0 bridgehead atoms. The van der Waals surface area contributed by atoms with E-state index in [2.05, 4.69) is 11.9 Å². The standard InChI is InChI=1S/C16H22N2O3/c1-3-5-12-6-4-9-18(10-12)15(19)14-8-7-13(16(20)21)11(2)17-14/h7-8,12H,3-6,9-10H2,1-2H3,(H,20,21). The van der Waals surface area contributed by atoms with Gasteiger partial charge in [-0.1, -0.05) is 13.3 Å². The second-order valence-corrected chi connectivity index (χ2v) is 5.68. The van der Waals surface area contributed by atoms with Gasteiger partial charge in [-0.15, -0.1) is 0 Å². The van der Waals surface area contributed by atoms with Crippen LogP contribution in [0.4, 0.5) is 0 Å². The Morgan fingerprint density at radius 3 is 2.81 bits per heavy atom. The van der Waals surface area contributed by atoms with Gasteiger partial charge < -0.3 is 10.0 Å². The summed E-state index contributed by atoms with van der Waals surface area (Å²) in [6.07, 6.45) is 4.50. The number of carbonyl (C=O) groups excluding carboxylic acids is 1. The number of hydrogen-bond donors (Lipinski definition) is 1. The summed E-state index contributed by atoms with van der Waals surface area (Å²) in [4.78, 5) is 29.5. The molecule has 5 heteroatoms. The van der Waals surface area contributed by atoms with Gasteiger partial charge in [-0.05, 0) is 44.2 Å². The lowest BCUT2D eigenvalue weighted by Crippen LogP contribution is -2.40. The molecule has 2 rings (SSSR count).